The quantitative estimate of drug-likeness (QED) is 0.914. The van der Waals surface area contributed by atoms with Gasteiger partial charge < -0.3 is 14.7 Å². The summed E-state index contributed by atoms with van der Waals surface area (Å²) in [7, 11) is 0. The van der Waals surface area contributed by atoms with Crippen molar-refractivity contribution in [3.63, 3.8) is 0 Å². The number of carbonyl (C=O) groups is 2. The minimum Gasteiger partial charge on any atom is -0.347 e. The van der Waals surface area contributed by atoms with E-state index in [1.165, 1.54) is 29.2 Å². The largest absolute Gasteiger partial charge is 0.347 e. The van der Waals surface area contributed by atoms with Crippen molar-refractivity contribution in [1.82, 2.24) is 15.5 Å². The molecule has 0 aliphatic carbocycles. The summed E-state index contributed by atoms with van der Waals surface area (Å²) >= 11 is 0. The molecule has 1 aliphatic rings. The second kappa shape index (κ2) is 6.15. The van der Waals surface area contributed by atoms with Crippen molar-refractivity contribution < 1.29 is 18.5 Å². The third kappa shape index (κ3) is 3.36. The van der Waals surface area contributed by atoms with E-state index in [0.717, 1.165) is 0 Å². The number of hydrogen-bond acceptors (Lipinski definition) is 5. The van der Waals surface area contributed by atoms with Gasteiger partial charge >= 0.3 is 0 Å². The molecule has 0 saturated carbocycles. The summed E-state index contributed by atoms with van der Waals surface area (Å²) in [6, 6.07) is 5.62. The molecule has 0 radical (unpaired) electrons. The van der Waals surface area contributed by atoms with Crippen LogP contribution in [0, 0.1) is 18.7 Å². The van der Waals surface area contributed by atoms with Gasteiger partial charge in [-0.2, -0.15) is 4.98 Å². The van der Waals surface area contributed by atoms with Gasteiger partial charge in [0.05, 0.1) is 12.5 Å². The van der Waals surface area contributed by atoms with E-state index in [4.69, 9.17) is 4.52 Å². The normalized spacial score (nSPS) is 17.6. The molecule has 2 aromatic rings. The molecule has 23 heavy (non-hydrogen) atoms. The van der Waals surface area contributed by atoms with Crippen LogP contribution in [0.5, 0.6) is 0 Å². The fourth-order valence-corrected chi connectivity index (χ4v) is 2.47. The molecular weight excluding hydrogens is 303 g/mol. The zero-order valence-corrected chi connectivity index (χ0v) is 12.5. The summed E-state index contributed by atoms with van der Waals surface area (Å²) in [5, 5.41) is 6.31. The van der Waals surface area contributed by atoms with Gasteiger partial charge in [-0.15, -0.1) is 0 Å². The number of aromatic nitrogens is 2. The second-order valence-electron chi connectivity index (χ2n) is 5.33. The molecule has 3 rings (SSSR count). The summed E-state index contributed by atoms with van der Waals surface area (Å²) in [5.74, 6) is -0.436. The molecular formula is C15H15FN4O3. The van der Waals surface area contributed by atoms with Gasteiger partial charge in [0.25, 0.3) is 0 Å². The lowest BCUT2D eigenvalue weighted by Gasteiger charge is -2.16. The fourth-order valence-electron chi connectivity index (χ4n) is 2.47. The molecule has 0 bridgehead atoms. The van der Waals surface area contributed by atoms with Crippen molar-refractivity contribution >= 4 is 17.5 Å². The van der Waals surface area contributed by atoms with E-state index < -0.39 is 5.92 Å². The molecule has 120 valence electrons. The molecule has 1 aromatic heterocycles. The molecule has 1 aliphatic heterocycles. The van der Waals surface area contributed by atoms with Crippen LogP contribution in [0.25, 0.3) is 0 Å². The third-order valence-corrected chi connectivity index (χ3v) is 3.62. The molecule has 1 aromatic carbocycles. The Hall–Kier alpha value is -2.77. The number of nitrogens with one attached hydrogen (secondary N) is 1. The third-order valence-electron chi connectivity index (χ3n) is 3.62. The maximum atomic E-state index is 13.0. The highest BCUT2D eigenvalue weighted by molar-refractivity contribution is 6.00. The van der Waals surface area contributed by atoms with E-state index in [0.29, 0.717) is 17.4 Å². The van der Waals surface area contributed by atoms with Crippen LogP contribution in [0.2, 0.25) is 0 Å². The average molecular weight is 318 g/mol. The van der Waals surface area contributed by atoms with Gasteiger partial charge in [-0.3, -0.25) is 9.59 Å². The monoisotopic (exact) mass is 318 g/mol. The maximum absolute atomic E-state index is 13.0. The van der Waals surface area contributed by atoms with E-state index in [1.54, 1.807) is 6.92 Å². The number of halogens is 1. The Morgan fingerprint density at radius 3 is 2.83 bits per heavy atom. The van der Waals surface area contributed by atoms with Gasteiger partial charge in [-0.1, -0.05) is 5.16 Å². The zero-order valence-electron chi connectivity index (χ0n) is 12.5. The number of benzene rings is 1. The first-order valence-corrected chi connectivity index (χ1v) is 7.16. The van der Waals surface area contributed by atoms with Crippen LogP contribution in [0.1, 0.15) is 18.1 Å². The molecule has 1 N–H and O–H groups in total. The van der Waals surface area contributed by atoms with E-state index in [9.17, 15) is 14.0 Å². The van der Waals surface area contributed by atoms with Gasteiger partial charge in [-0.25, -0.2) is 4.39 Å². The predicted molar refractivity (Wildman–Crippen MR) is 77.7 cm³/mol. The van der Waals surface area contributed by atoms with E-state index in [-0.39, 0.29) is 37.1 Å². The van der Waals surface area contributed by atoms with Gasteiger partial charge in [0, 0.05) is 18.7 Å². The van der Waals surface area contributed by atoms with Crippen molar-refractivity contribution in [2.45, 2.75) is 19.9 Å². The lowest BCUT2D eigenvalue weighted by Crippen LogP contribution is -2.32. The Kier molecular flexibility index (Phi) is 4.05. The van der Waals surface area contributed by atoms with Crippen molar-refractivity contribution in [3.8, 4) is 0 Å². The summed E-state index contributed by atoms with van der Waals surface area (Å²) in [5.41, 5.74) is 0.583. The van der Waals surface area contributed by atoms with Gasteiger partial charge in [0.1, 0.15) is 5.82 Å². The maximum Gasteiger partial charge on any atom is 0.246 e. The SMILES string of the molecule is Cc1noc(CNC(=O)C2CC(=O)N(c3ccc(F)cc3)C2)n1. The van der Waals surface area contributed by atoms with Crippen LogP contribution >= 0.6 is 0 Å². The summed E-state index contributed by atoms with van der Waals surface area (Å²) in [6.45, 7) is 2.07. The minimum absolute atomic E-state index is 0.117. The van der Waals surface area contributed by atoms with E-state index in [2.05, 4.69) is 15.5 Å². The van der Waals surface area contributed by atoms with Crippen LogP contribution in [0.3, 0.4) is 0 Å². The first-order chi connectivity index (χ1) is 11.0. The number of amides is 2. The number of carbonyl (C=O) groups excluding carboxylic acids is 2. The number of rotatable bonds is 4. The first kappa shape index (κ1) is 15.1. The summed E-state index contributed by atoms with van der Waals surface area (Å²) in [6.07, 6.45) is 0.117. The number of aryl methyl sites for hydroxylation is 1. The molecule has 2 heterocycles. The molecule has 0 spiro atoms. The zero-order chi connectivity index (χ0) is 16.4. The number of hydrogen-bond donors (Lipinski definition) is 1. The number of nitrogens with zero attached hydrogens (tertiary/aromatic N) is 3. The molecule has 8 heteroatoms. The van der Waals surface area contributed by atoms with Gasteiger partial charge in [-0.05, 0) is 31.2 Å². The van der Waals surface area contributed by atoms with E-state index >= 15 is 0 Å². The highest BCUT2D eigenvalue weighted by atomic mass is 19.1. The number of anilines is 1. The highest BCUT2D eigenvalue weighted by Crippen LogP contribution is 2.25. The van der Waals surface area contributed by atoms with Gasteiger partial charge in [0.2, 0.25) is 17.7 Å². The van der Waals surface area contributed by atoms with Crippen LogP contribution < -0.4 is 10.2 Å². The molecule has 2 amide bonds. The molecule has 1 saturated heterocycles. The topological polar surface area (TPSA) is 88.3 Å². The fraction of sp³-hybridized carbons (Fsp3) is 0.333. The van der Waals surface area contributed by atoms with Crippen LogP contribution in [-0.4, -0.2) is 28.5 Å². The minimum atomic E-state index is -0.462. The van der Waals surface area contributed by atoms with Crippen molar-refractivity contribution in [3.05, 3.63) is 41.8 Å². The van der Waals surface area contributed by atoms with Crippen molar-refractivity contribution in [2.24, 2.45) is 5.92 Å². The molecule has 1 atom stereocenters. The smallest absolute Gasteiger partial charge is 0.246 e. The van der Waals surface area contributed by atoms with E-state index in [1.807, 2.05) is 0 Å². The van der Waals surface area contributed by atoms with Crippen LogP contribution in [-0.2, 0) is 16.1 Å². The molecule has 7 nitrogen and oxygen atoms in total. The first-order valence-electron chi connectivity index (χ1n) is 7.16. The second-order valence-corrected chi connectivity index (χ2v) is 5.33. The van der Waals surface area contributed by atoms with Gasteiger partial charge in [0.15, 0.2) is 5.82 Å². The Bertz CT molecular complexity index is 729. The lowest BCUT2D eigenvalue weighted by atomic mass is 10.1. The van der Waals surface area contributed by atoms with Crippen molar-refractivity contribution in [2.75, 3.05) is 11.4 Å². The molecule has 1 unspecified atom stereocenters. The Morgan fingerprint density at radius 2 is 2.17 bits per heavy atom. The van der Waals surface area contributed by atoms with Crippen LogP contribution in [0.15, 0.2) is 28.8 Å². The summed E-state index contributed by atoms with van der Waals surface area (Å²) < 4.78 is 17.9. The average Bonchev–Trinajstić information content (AvgIpc) is 3.12. The van der Waals surface area contributed by atoms with Crippen LogP contribution in [0.4, 0.5) is 10.1 Å². The lowest BCUT2D eigenvalue weighted by molar-refractivity contribution is -0.126. The molecule has 1 fully saturated rings. The Morgan fingerprint density at radius 1 is 1.43 bits per heavy atom. The summed E-state index contributed by atoms with van der Waals surface area (Å²) in [4.78, 5) is 29.7. The Balaban J connectivity index is 1.60. The van der Waals surface area contributed by atoms with Crippen molar-refractivity contribution in [1.29, 1.82) is 0 Å². The standard InChI is InChI=1S/C15H15FN4O3/c1-9-18-13(23-19-9)7-17-15(22)10-6-14(21)20(8-10)12-4-2-11(16)3-5-12/h2-5,10H,6-8H2,1H3,(H,17,22). The predicted octanol–water partition coefficient (Wildman–Crippen LogP) is 1.19. The highest BCUT2D eigenvalue weighted by Gasteiger charge is 2.35. The Labute approximate surface area is 131 Å².